The number of benzene rings is 1. The van der Waals surface area contributed by atoms with Gasteiger partial charge in [-0.25, -0.2) is 0 Å². The van der Waals surface area contributed by atoms with Crippen molar-refractivity contribution in [1.29, 1.82) is 0 Å². The van der Waals surface area contributed by atoms with Crippen molar-refractivity contribution in [2.24, 2.45) is 0 Å². The van der Waals surface area contributed by atoms with Gasteiger partial charge in [0.05, 0.1) is 12.4 Å². The average molecular weight is 427 g/mol. The first-order valence-electron chi connectivity index (χ1n) is 11.7. The molecule has 0 aromatic heterocycles. The lowest BCUT2D eigenvalue weighted by Gasteiger charge is -2.16. The maximum atomic E-state index is 10.9. The zero-order valence-electron chi connectivity index (χ0n) is 18.6. The van der Waals surface area contributed by atoms with Gasteiger partial charge in [-0.2, -0.15) is 8.42 Å². The number of hydrogen-bond donors (Lipinski definition) is 1. The molecule has 4 nitrogen and oxygen atoms in total. The monoisotopic (exact) mass is 426 g/mol. The molecule has 168 valence electrons. The van der Waals surface area contributed by atoms with Crippen LogP contribution in [0.2, 0.25) is 0 Å². The van der Waals surface area contributed by atoms with Crippen molar-refractivity contribution >= 4 is 10.1 Å². The topological polar surface area (TPSA) is 63.6 Å². The molecule has 0 radical (unpaired) electrons. The number of para-hydroxylation sites is 1. The largest absolute Gasteiger partial charge is 0.493 e. The summed E-state index contributed by atoms with van der Waals surface area (Å²) in [5.74, 6) is 0.824. The molecule has 0 atom stereocenters. The molecule has 5 heteroatoms. The number of hydrogen-bond acceptors (Lipinski definition) is 3. The second-order valence-electron chi connectivity index (χ2n) is 8.08. The van der Waals surface area contributed by atoms with E-state index in [1.165, 1.54) is 75.3 Å². The fourth-order valence-electron chi connectivity index (χ4n) is 3.62. The molecule has 0 aliphatic carbocycles. The fraction of sp³-hybridized carbons (Fsp3) is 0.750. The molecule has 0 bridgehead atoms. The van der Waals surface area contributed by atoms with E-state index in [1.54, 1.807) is 0 Å². The summed E-state index contributed by atoms with van der Waals surface area (Å²) in [6.45, 7) is 4.96. The van der Waals surface area contributed by atoms with E-state index in [9.17, 15) is 8.42 Å². The van der Waals surface area contributed by atoms with Gasteiger partial charge >= 0.3 is 0 Å². The fourth-order valence-corrected chi connectivity index (χ4v) is 4.18. The predicted molar refractivity (Wildman–Crippen MR) is 123 cm³/mol. The smallest absolute Gasteiger partial charge is 0.264 e. The van der Waals surface area contributed by atoms with E-state index in [-0.39, 0.29) is 5.75 Å². The lowest BCUT2D eigenvalue weighted by Crippen LogP contribution is -2.08. The molecule has 1 aromatic carbocycles. The SMILES string of the molecule is CCCCCCCc1cccc(CCCCCCC)c1OCCCCS(=O)(=O)O. The minimum Gasteiger partial charge on any atom is -0.493 e. The third kappa shape index (κ3) is 13.0. The third-order valence-electron chi connectivity index (χ3n) is 5.32. The van der Waals surface area contributed by atoms with Crippen LogP contribution in [0.3, 0.4) is 0 Å². The highest BCUT2D eigenvalue weighted by molar-refractivity contribution is 7.85. The van der Waals surface area contributed by atoms with Gasteiger partial charge in [0, 0.05) is 0 Å². The van der Waals surface area contributed by atoms with Crippen LogP contribution in [0.1, 0.15) is 102 Å². The minimum absolute atomic E-state index is 0.195. The third-order valence-corrected chi connectivity index (χ3v) is 6.13. The standard InChI is InChI=1S/C24H42O4S/c1-3-5-7-9-11-16-22-18-15-19-23(17-12-10-8-6-4-2)24(22)28-20-13-14-21-29(25,26)27/h15,18-19H,3-14,16-17,20-21H2,1-2H3,(H,25,26,27). The van der Waals surface area contributed by atoms with Gasteiger partial charge in [-0.05, 0) is 49.7 Å². The van der Waals surface area contributed by atoms with Gasteiger partial charge in [0.1, 0.15) is 5.75 Å². The molecule has 0 saturated heterocycles. The van der Waals surface area contributed by atoms with Gasteiger partial charge in [-0.15, -0.1) is 0 Å². The van der Waals surface area contributed by atoms with Crippen LogP contribution in [0.15, 0.2) is 18.2 Å². The van der Waals surface area contributed by atoms with Crippen molar-refractivity contribution in [2.45, 2.75) is 104 Å². The normalized spacial score (nSPS) is 11.7. The maximum absolute atomic E-state index is 10.9. The van der Waals surface area contributed by atoms with Gasteiger partial charge in [0.25, 0.3) is 10.1 Å². The number of ether oxygens (including phenoxy) is 1. The van der Waals surface area contributed by atoms with E-state index in [0.717, 1.165) is 18.6 Å². The van der Waals surface area contributed by atoms with Crippen molar-refractivity contribution in [3.05, 3.63) is 29.3 Å². The molecule has 0 amide bonds. The first-order chi connectivity index (χ1) is 14.0. The Morgan fingerprint density at radius 3 is 1.76 bits per heavy atom. The lowest BCUT2D eigenvalue weighted by atomic mass is 9.98. The molecule has 0 aliphatic rings. The molecule has 0 unspecified atom stereocenters. The highest BCUT2D eigenvalue weighted by Gasteiger charge is 2.11. The van der Waals surface area contributed by atoms with Crippen molar-refractivity contribution in [3.63, 3.8) is 0 Å². The molecule has 0 spiro atoms. The highest BCUT2D eigenvalue weighted by Crippen LogP contribution is 2.28. The summed E-state index contributed by atoms with van der Waals surface area (Å²) in [5.41, 5.74) is 2.56. The molecule has 0 fully saturated rings. The Morgan fingerprint density at radius 2 is 1.28 bits per heavy atom. The maximum Gasteiger partial charge on any atom is 0.264 e. The predicted octanol–water partition coefficient (Wildman–Crippen LogP) is 6.76. The number of aryl methyl sites for hydroxylation is 2. The summed E-state index contributed by atoms with van der Waals surface area (Å²) >= 11 is 0. The molecule has 1 aromatic rings. The Balaban J connectivity index is 2.64. The van der Waals surface area contributed by atoms with Crippen molar-refractivity contribution in [1.82, 2.24) is 0 Å². The van der Waals surface area contributed by atoms with Crippen molar-refractivity contribution in [2.75, 3.05) is 12.4 Å². The Kier molecular flexibility index (Phi) is 14.1. The number of rotatable bonds is 18. The van der Waals surface area contributed by atoms with E-state index in [1.807, 2.05) is 0 Å². The van der Waals surface area contributed by atoms with Gasteiger partial charge in [-0.1, -0.05) is 83.4 Å². The summed E-state index contributed by atoms with van der Waals surface area (Å²) in [6.07, 6.45) is 15.7. The van der Waals surface area contributed by atoms with Gasteiger partial charge in [0.15, 0.2) is 0 Å². The zero-order valence-corrected chi connectivity index (χ0v) is 19.4. The van der Waals surface area contributed by atoms with Gasteiger partial charge in [0.2, 0.25) is 0 Å². The van der Waals surface area contributed by atoms with Crippen molar-refractivity contribution in [3.8, 4) is 5.75 Å². The van der Waals surface area contributed by atoms with Crippen LogP contribution in [-0.2, 0) is 23.0 Å². The van der Waals surface area contributed by atoms with Crippen LogP contribution < -0.4 is 4.74 Å². The van der Waals surface area contributed by atoms with Crippen LogP contribution in [0.25, 0.3) is 0 Å². The molecule has 1 rings (SSSR count). The lowest BCUT2D eigenvalue weighted by molar-refractivity contribution is 0.302. The van der Waals surface area contributed by atoms with Gasteiger partial charge < -0.3 is 4.74 Å². The Hall–Kier alpha value is -1.07. The molecule has 0 saturated carbocycles. The van der Waals surface area contributed by atoms with Crippen molar-refractivity contribution < 1.29 is 17.7 Å². The van der Waals surface area contributed by atoms with Crippen LogP contribution in [0, 0.1) is 0 Å². The van der Waals surface area contributed by atoms with Crippen LogP contribution in [0.5, 0.6) is 5.75 Å². The minimum atomic E-state index is -3.88. The molecule has 0 heterocycles. The molecule has 0 aliphatic heterocycles. The highest BCUT2D eigenvalue weighted by atomic mass is 32.2. The quantitative estimate of drug-likeness (QED) is 0.208. The molecular formula is C24H42O4S. The first kappa shape index (κ1) is 26.0. The first-order valence-corrected chi connectivity index (χ1v) is 13.3. The number of unbranched alkanes of at least 4 members (excludes halogenated alkanes) is 9. The summed E-state index contributed by atoms with van der Waals surface area (Å²) in [5, 5.41) is 0. The molecule has 29 heavy (non-hydrogen) atoms. The Morgan fingerprint density at radius 1 is 0.759 bits per heavy atom. The Labute approximate surface area is 179 Å². The average Bonchev–Trinajstić information content (AvgIpc) is 2.67. The van der Waals surface area contributed by atoms with E-state index in [2.05, 4.69) is 32.0 Å². The van der Waals surface area contributed by atoms with Crippen LogP contribution in [-0.4, -0.2) is 25.3 Å². The summed E-state index contributed by atoms with van der Waals surface area (Å²) in [7, 11) is -3.88. The van der Waals surface area contributed by atoms with E-state index in [4.69, 9.17) is 9.29 Å². The zero-order chi connectivity index (χ0) is 21.4. The van der Waals surface area contributed by atoms with E-state index in [0.29, 0.717) is 19.4 Å². The van der Waals surface area contributed by atoms with Crippen LogP contribution >= 0.6 is 0 Å². The second kappa shape index (κ2) is 15.7. The van der Waals surface area contributed by atoms with E-state index < -0.39 is 10.1 Å². The summed E-state index contributed by atoms with van der Waals surface area (Å²) in [6, 6.07) is 6.50. The second-order valence-corrected chi connectivity index (χ2v) is 9.65. The van der Waals surface area contributed by atoms with E-state index >= 15 is 0 Å². The van der Waals surface area contributed by atoms with Crippen LogP contribution in [0.4, 0.5) is 0 Å². The molecular weight excluding hydrogens is 384 g/mol. The summed E-state index contributed by atoms with van der Waals surface area (Å²) < 4.78 is 36.8. The van der Waals surface area contributed by atoms with Gasteiger partial charge in [-0.3, -0.25) is 4.55 Å². The Bertz CT molecular complexity index is 608. The molecule has 1 N–H and O–H groups in total. The summed E-state index contributed by atoms with van der Waals surface area (Å²) in [4.78, 5) is 0.